The van der Waals surface area contributed by atoms with Gasteiger partial charge in [-0.3, -0.25) is 9.69 Å². The topological polar surface area (TPSA) is 60.3 Å². The lowest BCUT2D eigenvalue weighted by molar-refractivity contribution is -0.137. The van der Waals surface area contributed by atoms with E-state index in [4.69, 9.17) is 4.74 Å². The number of hydrogen-bond acceptors (Lipinski definition) is 6. The number of carbonyl (C=O) groups excluding carboxylic acids is 1. The Morgan fingerprint density at radius 3 is 2.68 bits per heavy atom. The third-order valence-electron chi connectivity index (χ3n) is 4.37. The van der Waals surface area contributed by atoms with Gasteiger partial charge in [-0.1, -0.05) is 49.0 Å². The van der Waals surface area contributed by atoms with Crippen molar-refractivity contribution < 1.29 is 9.53 Å². The van der Waals surface area contributed by atoms with Crippen LogP contribution in [0.25, 0.3) is 0 Å². The molecule has 1 aromatic carbocycles. The smallest absolute Gasteiger partial charge is 0.319 e. The maximum atomic E-state index is 11.8. The first-order chi connectivity index (χ1) is 12.1. The van der Waals surface area contributed by atoms with Crippen LogP contribution in [0.4, 0.5) is 0 Å². The molecule has 3 rings (SSSR count). The zero-order chi connectivity index (χ0) is 17.8. The van der Waals surface area contributed by atoms with E-state index < -0.39 is 0 Å². The average molecular weight is 360 g/mol. The Labute approximate surface area is 152 Å². The van der Waals surface area contributed by atoms with Gasteiger partial charge in [-0.15, -0.1) is 10.2 Å². The van der Waals surface area contributed by atoms with Crippen LogP contribution in [0.15, 0.2) is 35.5 Å². The van der Waals surface area contributed by atoms with Crippen LogP contribution in [0.3, 0.4) is 0 Å². The Kier molecular flexibility index (Phi) is 5.75. The van der Waals surface area contributed by atoms with Gasteiger partial charge in [0.1, 0.15) is 5.25 Å². The molecular weight excluding hydrogens is 336 g/mol. The molecule has 134 valence electrons. The van der Waals surface area contributed by atoms with Crippen LogP contribution < -0.4 is 0 Å². The Balaban J connectivity index is 1.93. The van der Waals surface area contributed by atoms with Gasteiger partial charge in [0, 0.05) is 6.42 Å². The van der Waals surface area contributed by atoms with Crippen molar-refractivity contribution in [2.75, 3.05) is 20.7 Å². The minimum Gasteiger partial charge on any atom is -0.465 e. The molecule has 0 N–H and O–H groups in total. The molecule has 1 aromatic heterocycles. The standard InChI is InChI=1S/C18H24N4O2S/c1-4-14(21(2)3)16-19-20-18(25-15-10-11-24-17(15)23)22(16)12-13-8-6-5-7-9-13/h5-9,14-15H,4,10-12H2,1-3H3/t14-,15-/m1/s1. The highest BCUT2D eigenvalue weighted by atomic mass is 32.2. The predicted molar refractivity (Wildman–Crippen MR) is 97.5 cm³/mol. The number of ether oxygens (including phenoxy) is 1. The minimum atomic E-state index is -0.189. The summed E-state index contributed by atoms with van der Waals surface area (Å²) in [5.74, 6) is 0.783. The van der Waals surface area contributed by atoms with E-state index in [9.17, 15) is 4.79 Å². The van der Waals surface area contributed by atoms with Crippen LogP contribution >= 0.6 is 11.8 Å². The highest BCUT2D eigenvalue weighted by molar-refractivity contribution is 8.00. The third kappa shape index (κ3) is 4.04. The molecular formula is C18H24N4O2S. The van der Waals surface area contributed by atoms with Crippen molar-refractivity contribution in [2.24, 2.45) is 0 Å². The lowest BCUT2D eigenvalue weighted by Gasteiger charge is -2.23. The van der Waals surface area contributed by atoms with E-state index in [2.05, 4.69) is 52.8 Å². The van der Waals surface area contributed by atoms with Gasteiger partial charge in [0.2, 0.25) is 0 Å². The maximum Gasteiger partial charge on any atom is 0.319 e. The van der Waals surface area contributed by atoms with E-state index in [1.165, 1.54) is 17.3 Å². The summed E-state index contributed by atoms with van der Waals surface area (Å²) < 4.78 is 7.22. The summed E-state index contributed by atoms with van der Waals surface area (Å²) in [7, 11) is 4.10. The summed E-state index contributed by atoms with van der Waals surface area (Å²) in [6.45, 7) is 3.33. The lowest BCUT2D eigenvalue weighted by atomic mass is 10.2. The summed E-state index contributed by atoms with van der Waals surface area (Å²) in [5, 5.41) is 9.46. The molecule has 2 heterocycles. The van der Waals surface area contributed by atoms with Gasteiger partial charge < -0.3 is 9.30 Å². The monoisotopic (exact) mass is 360 g/mol. The van der Waals surface area contributed by atoms with Gasteiger partial charge >= 0.3 is 5.97 Å². The fraction of sp³-hybridized carbons (Fsp3) is 0.500. The Bertz CT molecular complexity index is 717. The van der Waals surface area contributed by atoms with Gasteiger partial charge in [-0.2, -0.15) is 0 Å². The number of aromatic nitrogens is 3. The molecule has 0 spiro atoms. The fourth-order valence-electron chi connectivity index (χ4n) is 3.04. The molecule has 0 amide bonds. The number of carbonyl (C=O) groups is 1. The SMILES string of the molecule is CC[C@H](c1nnc(S[C@@H]2CCOC2=O)n1Cc1ccccc1)N(C)C. The van der Waals surface area contributed by atoms with Crippen molar-refractivity contribution in [3.8, 4) is 0 Å². The quantitative estimate of drug-likeness (QED) is 0.708. The van der Waals surface area contributed by atoms with Crippen LogP contribution in [0, 0.1) is 0 Å². The van der Waals surface area contributed by atoms with Gasteiger partial charge in [0.05, 0.1) is 19.2 Å². The molecule has 1 aliphatic heterocycles. The number of nitrogens with zero attached hydrogens (tertiary/aromatic N) is 4. The van der Waals surface area contributed by atoms with Crippen molar-refractivity contribution in [1.82, 2.24) is 19.7 Å². The molecule has 2 atom stereocenters. The number of thioether (sulfide) groups is 1. The molecule has 2 aromatic rings. The molecule has 0 bridgehead atoms. The highest BCUT2D eigenvalue weighted by Crippen LogP contribution is 2.31. The van der Waals surface area contributed by atoms with Gasteiger partial charge in [0.15, 0.2) is 11.0 Å². The summed E-state index contributed by atoms with van der Waals surface area (Å²) in [5.41, 5.74) is 1.19. The number of esters is 1. The number of rotatable bonds is 7. The molecule has 0 radical (unpaired) electrons. The van der Waals surface area contributed by atoms with E-state index >= 15 is 0 Å². The van der Waals surface area contributed by atoms with Crippen molar-refractivity contribution in [3.63, 3.8) is 0 Å². The average Bonchev–Trinajstić information content (AvgIpc) is 3.17. The van der Waals surface area contributed by atoms with E-state index in [0.717, 1.165) is 23.8 Å². The van der Waals surface area contributed by atoms with Gasteiger partial charge in [0.25, 0.3) is 0 Å². The second-order valence-corrected chi connectivity index (χ2v) is 7.53. The van der Waals surface area contributed by atoms with Crippen LogP contribution in [-0.2, 0) is 16.1 Å². The van der Waals surface area contributed by atoms with Crippen molar-refractivity contribution in [3.05, 3.63) is 41.7 Å². The molecule has 0 unspecified atom stereocenters. The molecule has 0 aliphatic carbocycles. The van der Waals surface area contributed by atoms with Gasteiger partial charge in [-0.05, 0) is 26.1 Å². The van der Waals surface area contributed by atoms with Crippen molar-refractivity contribution in [1.29, 1.82) is 0 Å². The molecule has 7 heteroatoms. The lowest BCUT2D eigenvalue weighted by Crippen LogP contribution is -2.23. The largest absolute Gasteiger partial charge is 0.465 e. The molecule has 25 heavy (non-hydrogen) atoms. The van der Waals surface area contributed by atoms with Crippen molar-refractivity contribution >= 4 is 17.7 Å². The highest BCUT2D eigenvalue weighted by Gasteiger charge is 2.31. The number of benzene rings is 1. The van der Waals surface area contributed by atoms with Crippen LogP contribution in [-0.4, -0.2) is 51.6 Å². The molecule has 6 nitrogen and oxygen atoms in total. The molecule has 1 saturated heterocycles. The first-order valence-electron chi connectivity index (χ1n) is 8.57. The molecule has 1 fully saturated rings. The Morgan fingerprint density at radius 2 is 2.08 bits per heavy atom. The first-order valence-corrected chi connectivity index (χ1v) is 9.44. The maximum absolute atomic E-state index is 11.8. The van der Waals surface area contributed by atoms with Crippen LogP contribution in [0.2, 0.25) is 0 Å². The zero-order valence-electron chi connectivity index (χ0n) is 14.9. The van der Waals surface area contributed by atoms with Crippen LogP contribution in [0.1, 0.15) is 37.2 Å². The normalized spacial score (nSPS) is 18.6. The van der Waals surface area contributed by atoms with E-state index in [1.54, 1.807) is 0 Å². The van der Waals surface area contributed by atoms with E-state index in [1.807, 2.05) is 18.2 Å². The number of hydrogen-bond donors (Lipinski definition) is 0. The van der Waals surface area contributed by atoms with E-state index in [-0.39, 0.29) is 17.3 Å². The summed E-state index contributed by atoms with van der Waals surface area (Å²) in [6, 6.07) is 10.4. The first kappa shape index (κ1) is 17.9. The van der Waals surface area contributed by atoms with Crippen LogP contribution in [0.5, 0.6) is 0 Å². The molecule has 1 aliphatic rings. The second-order valence-electron chi connectivity index (χ2n) is 6.36. The second kappa shape index (κ2) is 8.01. The fourth-order valence-corrected chi connectivity index (χ4v) is 4.04. The van der Waals surface area contributed by atoms with Gasteiger partial charge in [-0.25, -0.2) is 0 Å². The zero-order valence-corrected chi connectivity index (χ0v) is 15.7. The van der Waals surface area contributed by atoms with E-state index in [0.29, 0.717) is 13.2 Å². The summed E-state index contributed by atoms with van der Waals surface area (Å²) in [4.78, 5) is 14.0. The Hall–Kier alpha value is -1.86. The summed E-state index contributed by atoms with van der Waals surface area (Å²) in [6.07, 6.45) is 1.66. The molecule has 0 saturated carbocycles. The predicted octanol–water partition coefficient (Wildman–Crippen LogP) is 2.75. The Morgan fingerprint density at radius 1 is 1.32 bits per heavy atom. The third-order valence-corrected chi connectivity index (χ3v) is 5.60. The number of cyclic esters (lactones) is 1. The van der Waals surface area contributed by atoms with Crippen molar-refractivity contribution in [2.45, 2.75) is 42.8 Å². The summed E-state index contributed by atoms with van der Waals surface area (Å²) >= 11 is 1.46. The minimum absolute atomic E-state index is 0.152.